The number of nitrogens with zero attached hydrogens (tertiary/aromatic N) is 2. The first-order valence-corrected chi connectivity index (χ1v) is 7.87. The van der Waals surface area contributed by atoms with E-state index in [2.05, 4.69) is 41.5 Å². The van der Waals surface area contributed by atoms with Gasteiger partial charge >= 0.3 is 0 Å². The Morgan fingerprint density at radius 3 is 2.67 bits per heavy atom. The maximum absolute atomic E-state index is 12.4. The fourth-order valence-electron chi connectivity index (χ4n) is 3.23. The fraction of sp³-hybridized carbons (Fsp3) is 0.333. The van der Waals surface area contributed by atoms with Crippen LogP contribution in [0.4, 0.5) is 0 Å². The van der Waals surface area contributed by atoms with Crippen LogP contribution in [0.2, 0.25) is 0 Å². The average Bonchev–Trinajstić information content (AvgIpc) is 2.51. The Morgan fingerprint density at radius 2 is 1.96 bits per heavy atom. The third-order valence-corrected chi connectivity index (χ3v) is 4.04. The molecule has 3 rings (SSSR count). The van der Waals surface area contributed by atoms with Gasteiger partial charge in [0.05, 0.1) is 11.1 Å². The number of aromatic nitrogens is 2. The molecule has 6 nitrogen and oxygen atoms in total. The lowest BCUT2D eigenvalue weighted by Gasteiger charge is -2.29. The zero-order valence-corrected chi connectivity index (χ0v) is 14.0. The number of hydrogen-bond acceptors (Lipinski definition) is 4. The number of benzene rings is 1. The van der Waals surface area contributed by atoms with Crippen molar-refractivity contribution in [3.8, 4) is 0 Å². The highest BCUT2D eigenvalue weighted by Gasteiger charge is 2.25. The normalized spacial score (nSPS) is 18.5. The third-order valence-electron chi connectivity index (χ3n) is 4.04. The van der Waals surface area contributed by atoms with Crippen LogP contribution in [0.15, 0.2) is 45.8 Å². The van der Waals surface area contributed by atoms with Gasteiger partial charge in [0.25, 0.3) is 11.5 Å². The maximum atomic E-state index is 12.4. The van der Waals surface area contributed by atoms with Gasteiger partial charge in [0.15, 0.2) is 5.69 Å². The Labute approximate surface area is 139 Å². The number of carbonyl (C=O) groups is 1. The molecule has 0 fully saturated rings. The minimum Gasteiger partial charge on any atom is -0.267 e. The molecular weight excluding hydrogens is 304 g/mol. The number of carbonyl (C=O) groups excluding carboxylic acids is 1. The van der Waals surface area contributed by atoms with Crippen molar-refractivity contribution in [3.05, 3.63) is 52.0 Å². The molecule has 0 atom stereocenters. The van der Waals surface area contributed by atoms with E-state index < -0.39 is 5.91 Å². The molecule has 1 aromatic heterocycles. The molecule has 1 heterocycles. The summed E-state index contributed by atoms with van der Waals surface area (Å²) < 4.78 is 0. The van der Waals surface area contributed by atoms with E-state index in [9.17, 15) is 9.59 Å². The third kappa shape index (κ3) is 3.27. The number of rotatable bonds is 2. The van der Waals surface area contributed by atoms with Crippen molar-refractivity contribution in [3.63, 3.8) is 0 Å². The predicted molar refractivity (Wildman–Crippen MR) is 94.0 cm³/mol. The summed E-state index contributed by atoms with van der Waals surface area (Å²) >= 11 is 0. The van der Waals surface area contributed by atoms with Crippen LogP contribution in [0.3, 0.4) is 0 Å². The van der Waals surface area contributed by atoms with Crippen LogP contribution in [-0.2, 0) is 0 Å². The van der Waals surface area contributed by atoms with Gasteiger partial charge in [-0.05, 0) is 37.3 Å². The SMILES string of the molecule is CC1=C/C(=N\NC(=O)c2n[nH]c(=O)c3ccccc23)CC(C)(C)C1. The molecule has 0 saturated carbocycles. The molecule has 1 aliphatic carbocycles. The number of nitrogens with one attached hydrogen (secondary N) is 2. The zero-order valence-electron chi connectivity index (χ0n) is 14.0. The van der Waals surface area contributed by atoms with Gasteiger partial charge in [-0.2, -0.15) is 10.2 Å². The van der Waals surface area contributed by atoms with E-state index in [1.54, 1.807) is 24.3 Å². The number of hydrazone groups is 1. The van der Waals surface area contributed by atoms with Crippen molar-refractivity contribution in [2.75, 3.05) is 0 Å². The maximum Gasteiger partial charge on any atom is 0.292 e. The van der Waals surface area contributed by atoms with Crippen molar-refractivity contribution in [2.24, 2.45) is 10.5 Å². The molecule has 0 radical (unpaired) electrons. The van der Waals surface area contributed by atoms with Crippen LogP contribution < -0.4 is 11.0 Å². The van der Waals surface area contributed by atoms with E-state index >= 15 is 0 Å². The summed E-state index contributed by atoms with van der Waals surface area (Å²) in [5.41, 5.74) is 4.61. The van der Waals surface area contributed by atoms with Crippen LogP contribution in [0, 0.1) is 5.41 Å². The van der Waals surface area contributed by atoms with Crippen LogP contribution in [0.1, 0.15) is 44.1 Å². The molecule has 124 valence electrons. The molecule has 6 heteroatoms. The topological polar surface area (TPSA) is 87.2 Å². The summed E-state index contributed by atoms with van der Waals surface area (Å²) in [7, 11) is 0. The van der Waals surface area contributed by atoms with E-state index in [4.69, 9.17) is 0 Å². The van der Waals surface area contributed by atoms with Gasteiger partial charge in [-0.25, -0.2) is 10.5 Å². The van der Waals surface area contributed by atoms with Gasteiger partial charge in [-0.3, -0.25) is 9.59 Å². The molecular formula is C18H20N4O2. The molecule has 1 aromatic carbocycles. The molecule has 2 aromatic rings. The molecule has 0 saturated heterocycles. The number of aromatic amines is 1. The van der Waals surface area contributed by atoms with Gasteiger partial charge in [0, 0.05) is 5.39 Å². The Kier molecular flexibility index (Phi) is 4.05. The van der Waals surface area contributed by atoms with Gasteiger partial charge in [0.1, 0.15) is 0 Å². The lowest BCUT2D eigenvalue weighted by molar-refractivity contribution is 0.0950. The molecule has 24 heavy (non-hydrogen) atoms. The summed E-state index contributed by atoms with van der Waals surface area (Å²) in [4.78, 5) is 24.2. The summed E-state index contributed by atoms with van der Waals surface area (Å²) in [6.45, 7) is 6.42. The molecule has 0 unspecified atom stereocenters. The zero-order chi connectivity index (χ0) is 17.3. The van der Waals surface area contributed by atoms with Crippen LogP contribution in [0.5, 0.6) is 0 Å². The van der Waals surface area contributed by atoms with Crippen molar-refractivity contribution in [2.45, 2.75) is 33.6 Å². The average molecular weight is 324 g/mol. The monoisotopic (exact) mass is 324 g/mol. The molecule has 2 N–H and O–H groups in total. The van der Waals surface area contributed by atoms with E-state index in [0.717, 1.165) is 18.6 Å². The summed E-state index contributed by atoms with van der Waals surface area (Å²) in [5.74, 6) is -0.440. The minimum atomic E-state index is -0.440. The van der Waals surface area contributed by atoms with E-state index in [1.807, 2.05) is 6.08 Å². The van der Waals surface area contributed by atoms with Gasteiger partial charge in [-0.1, -0.05) is 37.6 Å². The fourth-order valence-corrected chi connectivity index (χ4v) is 3.23. The highest BCUT2D eigenvalue weighted by Crippen LogP contribution is 2.33. The van der Waals surface area contributed by atoms with E-state index in [1.165, 1.54) is 5.57 Å². The summed E-state index contributed by atoms with van der Waals surface area (Å²) in [6.07, 6.45) is 3.82. The second-order valence-corrected chi connectivity index (χ2v) is 7.00. The second-order valence-electron chi connectivity index (χ2n) is 7.00. The van der Waals surface area contributed by atoms with Crippen LogP contribution >= 0.6 is 0 Å². The highest BCUT2D eigenvalue weighted by atomic mass is 16.2. The Balaban J connectivity index is 1.89. The molecule has 0 spiro atoms. The smallest absolute Gasteiger partial charge is 0.267 e. The lowest BCUT2D eigenvalue weighted by Crippen LogP contribution is -2.26. The Bertz CT molecular complexity index is 922. The quantitative estimate of drug-likeness (QED) is 0.833. The number of H-pyrrole nitrogens is 1. The summed E-state index contributed by atoms with van der Waals surface area (Å²) in [6, 6.07) is 6.88. The molecule has 1 amide bonds. The first-order chi connectivity index (χ1) is 11.4. The largest absolute Gasteiger partial charge is 0.292 e. The Hall–Kier alpha value is -2.76. The number of allylic oxidation sites excluding steroid dienone is 2. The number of fused-ring (bicyclic) bond motifs is 1. The Morgan fingerprint density at radius 1 is 1.25 bits per heavy atom. The number of hydrogen-bond donors (Lipinski definition) is 2. The second kappa shape index (κ2) is 6.03. The summed E-state index contributed by atoms with van der Waals surface area (Å²) in [5, 5.41) is 11.4. The first-order valence-electron chi connectivity index (χ1n) is 7.87. The van der Waals surface area contributed by atoms with E-state index in [0.29, 0.717) is 10.8 Å². The molecule has 0 bridgehead atoms. The predicted octanol–water partition coefficient (Wildman–Crippen LogP) is 2.78. The minimum absolute atomic E-state index is 0.130. The van der Waals surface area contributed by atoms with Crippen LogP contribution in [0.25, 0.3) is 10.8 Å². The lowest BCUT2D eigenvalue weighted by atomic mass is 9.77. The van der Waals surface area contributed by atoms with Crippen molar-refractivity contribution in [1.29, 1.82) is 0 Å². The van der Waals surface area contributed by atoms with Crippen LogP contribution in [-0.4, -0.2) is 21.8 Å². The van der Waals surface area contributed by atoms with Gasteiger partial charge in [0.2, 0.25) is 0 Å². The van der Waals surface area contributed by atoms with Crippen molar-refractivity contribution < 1.29 is 4.79 Å². The molecule has 1 aliphatic rings. The van der Waals surface area contributed by atoms with Crippen molar-refractivity contribution >= 4 is 22.4 Å². The first kappa shape index (κ1) is 16.1. The van der Waals surface area contributed by atoms with Gasteiger partial charge in [-0.15, -0.1) is 0 Å². The van der Waals surface area contributed by atoms with Gasteiger partial charge < -0.3 is 0 Å². The standard InChI is InChI=1S/C18H20N4O2/c1-11-8-12(10-18(2,3)9-11)19-22-17(24)15-13-6-4-5-7-14(13)16(23)21-20-15/h4-8H,9-10H2,1-3H3,(H,21,23)(H,22,24)/b19-12+. The van der Waals surface area contributed by atoms with Crippen molar-refractivity contribution in [1.82, 2.24) is 15.6 Å². The highest BCUT2D eigenvalue weighted by molar-refractivity contribution is 6.05. The molecule has 0 aliphatic heterocycles. The van der Waals surface area contributed by atoms with E-state index in [-0.39, 0.29) is 16.7 Å². The number of amides is 1.